The van der Waals surface area contributed by atoms with Gasteiger partial charge in [0, 0.05) is 17.3 Å². The van der Waals surface area contributed by atoms with E-state index in [2.05, 4.69) is 16.4 Å². The lowest BCUT2D eigenvalue weighted by atomic mass is 10.1. The van der Waals surface area contributed by atoms with Crippen LogP contribution in [0.15, 0.2) is 54.7 Å². The predicted octanol–water partition coefficient (Wildman–Crippen LogP) is 3.43. The lowest BCUT2D eigenvalue weighted by molar-refractivity contribution is 1.40. The van der Waals surface area contributed by atoms with Crippen molar-refractivity contribution in [3.05, 3.63) is 60.3 Å². The van der Waals surface area contributed by atoms with Crippen LogP contribution in [0.2, 0.25) is 0 Å². The Morgan fingerprint density at radius 1 is 1.10 bits per heavy atom. The summed E-state index contributed by atoms with van der Waals surface area (Å²) in [6.45, 7) is 0. The largest absolute Gasteiger partial charge is 0.398 e. The Morgan fingerprint density at radius 3 is 2.75 bits per heavy atom. The number of nitrogens with two attached hydrogens (primary N) is 1. The molecule has 0 saturated carbocycles. The van der Waals surface area contributed by atoms with Crippen molar-refractivity contribution in [2.24, 2.45) is 0 Å². The van der Waals surface area contributed by atoms with Gasteiger partial charge in [0.05, 0.1) is 22.5 Å². The van der Waals surface area contributed by atoms with Crippen LogP contribution in [0.1, 0.15) is 5.56 Å². The molecule has 0 spiro atoms. The van der Waals surface area contributed by atoms with E-state index in [0.717, 1.165) is 22.3 Å². The van der Waals surface area contributed by atoms with Crippen molar-refractivity contribution >= 4 is 28.0 Å². The highest BCUT2D eigenvalue weighted by molar-refractivity contribution is 5.92. The van der Waals surface area contributed by atoms with Crippen LogP contribution in [-0.4, -0.2) is 4.98 Å². The van der Waals surface area contributed by atoms with Crippen LogP contribution < -0.4 is 11.1 Å². The minimum atomic E-state index is 0.464. The van der Waals surface area contributed by atoms with Gasteiger partial charge in [-0.15, -0.1) is 0 Å². The highest BCUT2D eigenvalue weighted by Crippen LogP contribution is 2.26. The van der Waals surface area contributed by atoms with Gasteiger partial charge in [0.15, 0.2) is 0 Å². The summed E-state index contributed by atoms with van der Waals surface area (Å²) in [4.78, 5) is 4.39. The third kappa shape index (κ3) is 2.13. The third-order valence-corrected chi connectivity index (χ3v) is 3.08. The second-order valence-electron chi connectivity index (χ2n) is 4.42. The van der Waals surface area contributed by atoms with Crippen molar-refractivity contribution in [2.75, 3.05) is 11.1 Å². The summed E-state index contributed by atoms with van der Waals surface area (Å²) < 4.78 is 0. The molecule has 0 saturated heterocycles. The molecule has 1 aromatic heterocycles. The molecule has 20 heavy (non-hydrogen) atoms. The Bertz CT molecular complexity index is 813. The molecular weight excluding hydrogens is 248 g/mol. The van der Waals surface area contributed by atoms with Gasteiger partial charge in [-0.1, -0.05) is 18.2 Å². The topological polar surface area (TPSA) is 74.7 Å². The number of nitrogens with one attached hydrogen (secondary N) is 1. The lowest BCUT2D eigenvalue weighted by Gasteiger charge is -2.10. The summed E-state index contributed by atoms with van der Waals surface area (Å²) in [5.41, 5.74) is 9.41. The second-order valence-corrected chi connectivity index (χ2v) is 4.42. The highest BCUT2D eigenvalue weighted by atomic mass is 14.9. The van der Waals surface area contributed by atoms with Gasteiger partial charge in [-0.25, -0.2) is 0 Å². The second kappa shape index (κ2) is 4.90. The van der Waals surface area contributed by atoms with Crippen molar-refractivity contribution < 1.29 is 0 Å². The van der Waals surface area contributed by atoms with Gasteiger partial charge in [-0.2, -0.15) is 5.26 Å². The molecule has 96 valence electrons. The third-order valence-electron chi connectivity index (χ3n) is 3.08. The molecule has 0 aliphatic rings. The molecule has 0 fully saturated rings. The summed E-state index contributed by atoms with van der Waals surface area (Å²) in [7, 11) is 0. The first-order valence-electron chi connectivity index (χ1n) is 6.18. The molecule has 2 aromatic carbocycles. The van der Waals surface area contributed by atoms with Crippen molar-refractivity contribution in [3.63, 3.8) is 0 Å². The predicted molar refractivity (Wildman–Crippen MR) is 80.6 cm³/mol. The van der Waals surface area contributed by atoms with Crippen LogP contribution in [-0.2, 0) is 0 Å². The van der Waals surface area contributed by atoms with Gasteiger partial charge in [0.2, 0.25) is 0 Å². The smallest absolute Gasteiger partial charge is 0.101 e. The molecule has 0 aliphatic heterocycles. The molecule has 4 heteroatoms. The minimum absolute atomic E-state index is 0.464. The fraction of sp³-hybridized carbons (Fsp3) is 0. The Kier molecular flexibility index (Phi) is 2.94. The minimum Gasteiger partial charge on any atom is -0.398 e. The van der Waals surface area contributed by atoms with Crippen molar-refractivity contribution in [2.45, 2.75) is 0 Å². The quantitative estimate of drug-likeness (QED) is 0.692. The number of nitrogens with zero attached hydrogens (tertiary/aromatic N) is 2. The lowest BCUT2D eigenvalue weighted by Crippen LogP contribution is -1.96. The fourth-order valence-electron chi connectivity index (χ4n) is 2.10. The molecule has 0 bridgehead atoms. The van der Waals surface area contributed by atoms with Gasteiger partial charge in [-0.05, 0) is 30.3 Å². The average Bonchev–Trinajstić information content (AvgIpc) is 2.48. The number of pyridine rings is 1. The molecule has 0 radical (unpaired) electrons. The van der Waals surface area contributed by atoms with E-state index in [1.807, 2.05) is 36.4 Å². The standard InChI is InChI=1S/C16H12N4/c17-10-12-6-7-13(9-14(12)18)20-15-5-1-3-11-4-2-8-19-16(11)15/h1-9,20H,18H2. The Morgan fingerprint density at radius 2 is 1.95 bits per heavy atom. The first-order valence-corrected chi connectivity index (χ1v) is 6.18. The first-order chi connectivity index (χ1) is 9.78. The van der Waals surface area contributed by atoms with Gasteiger partial charge in [0.25, 0.3) is 0 Å². The zero-order chi connectivity index (χ0) is 13.9. The summed E-state index contributed by atoms with van der Waals surface area (Å²) >= 11 is 0. The number of rotatable bonds is 2. The van der Waals surface area contributed by atoms with Crippen LogP contribution in [0.4, 0.5) is 17.1 Å². The fourth-order valence-corrected chi connectivity index (χ4v) is 2.10. The summed E-state index contributed by atoms with van der Waals surface area (Å²) in [5.74, 6) is 0. The van der Waals surface area contributed by atoms with E-state index in [1.54, 1.807) is 18.3 Å². The summed E-state index contributed by atoms with van der Waals surface area (Å²) in [6, 6.07) is 17.2. The molecule has 0 amide bonds. The van der Waals surface area contributed by atoms with Crippen LogP contribution >= 0.6 is 0 Å². The number of fused-ring (bicyclic) bond motifs is 1. The van der Waals surface area contributed by atoms with Gasteiger partial charge in [-0.3, -0.25) is 4.98 Å². The Balaban J connectivity index is 2.02. The van der Waals surface area contributed by atoms with E-state index in [9.17, 15) is 0 Å². The van der Waals surface area contributed by atoms with Gasteiger partial charge >= 0.3 is 0 Å². The Labute approximate surface area is 116 Å². The molecule has 0 aliphatic carbocycles. The van der Waals surface area contributed by atoms with Crippen molar-refractivity contribution in [3.8, 4) is 6.07 Å². The number of anilines is 3. The van der Waals surface area contributed by atoms with Crippen LogP contribution in [0, 0.1) is 11.3 Å². The molecular formula is C16H12N4. The first kappa shape index (κ1) is 12.0. The van der Waals surface area contributed by atoms with E-state index in [4.69, 9.17) is 11.0 Å². The molecule has 0 atom stereocenters. The number of para-hydroxylation sites is 1. The van der Waals surface area contributed by atoms with E-state index >= 15 is 0 Å². The van der Waals surface area contributed by atoms with Crippen LogP contribution in [0.25, 0.3) is 10.9 Å². The van der Waals surface area contributed by atoms with Gasteiger partial charge < -0.3 is 11.1 Å². The molecule has 4 nitrogen and oxygen atoms in total. The molecule has 1 heterocycles. The van der Waals surface area contributed by atoms with E-state index < -0.39 is 0 Å². The molecule has 3 aromatic rings. The van der Waals surface area contributed by atoms with E-state index in [-0.39, 0.29) is 0 Å². The van der Waals surface area contributed by atoms with E-state index in [0.29, 0.717) is 11.3 Å². The number of nitriles is 1. The maximum absolute atomic E-state index is 8.88. The SMILES string of the molecule is N#Cc1ccc(Nc2cccc3cccnc23)cc1N. The zero-order valence-electron chi connectivity index (χ0n) is 10.7. The molecule has 0 unspecified atom stereocenters. The number of hydrogen-bond donors (Lipinski definition) is 2. The monoisotopic (exact) mass is 260 g/mol. The molecule has 3 rings (SSSR count). The average molecular weight is 260 g/mol. The van der Waals surface area contributed by atoms with Crippen LogP contribution in [0.5, 0.6) is 0 Å². The van der Waals surface area contributed by atoms with Crippen LogP contribution in [0.3, 0.4) is 0 Å². The number of aromatic nitrogens is 1. The summed E-state index contributed by atoms with van der Waals surface area (Å²) in [6.07, 6.45) is 1.76. The number of benzene rings is 2. The Hall–Kier alpha value is -3.06. The maximum Gasteiger partial charge on any atom is 0.101 e. The van der Waals surface area contributed by atoms with Crippen molar-refractivity contribution in [1.82, 2.24) is 4.98 Å². The molecule has 3 N–H and O–H groups in total. The zero-order valence-corrected chi connectivity index (χ0v) is 10.7. The van der Waals surface area contributed by atoms with E-state index in [1.165, 1.54) is 0 Å². The normalized spacial score (nSPS) is 10.2. The maximum atomic E-state index is 8.88. The number of hydrogen-bond acceptors (Lipinski definition) is 4. The summed E-state index contributed by atoms with van der Waals surface area (Å²) in [5, 5.41) is 13.2. The van der Waals surface area contributed by atoms with Gasteiger partial charge in [0.1, 0.15) is 6.07 Å². The highest BCUT2D eigenvalue weighted by Gasteiger charge is 2.04. The van der Waals surface area contributed by atoms with Crippen molar-refractivity contribution in [1.29, 1.82) is 5.26 Å². The number of nitrogen functional groups attached to an aromatic ring is 1.